The smallest absolute Gasteiger partial charge is 0.220 e. The minimum absolute atomic E-state index is 0.119. The van der Waals surface area contributed by atoms with Gasteiger partial charge in [-0.25, -0.2) is 0 Å². The Morgan fingerprint density at radius 2 is 1.38 bits per heavy atom. The van der Waals surface area contributed by atoms with E-state index in [1.807, 2.05) is 30.0 Å². The number of carbonyl (C=O) groups excluding carboxylic acids is 3. The molecule has 0 heterocycles. The van der Waals surface area contributed by atoms with Gasteiger partial charge < -0.3 is 25.8 Å². The van der Waals surface area contributed by atoms with Gasteiger partial charge in [-0.05, 0) is 19.2 Å². The van der Waals surface area contributed by atoms with Crippen molar-refractivity contribution in [1.29, 1.82) is 0 Å². The second kappa shape index (κ2) is 15.3. The zero-order chi connectivity index (χ0) is 28.3. The molecule has 0 atom stereocenters. The number of nitrogens with zero attached hydrogens (tertiary/aromatic N) is 1. The number of hydrogen-bond donors (Lipinski definition) is 4. The summed E-state index contributed by atoms with van der Waals surface area (Å²) in [7, 11) is 11.7. The van der Waals surface area contributed by atoms with E-state index in [0.29, 0.717) is 53.1 Å². The van der Waals surface area contributed by atoms with Gasteiger partial charge in [-0.15, -0.1) is 0 Å². The van der Waals surface area contributed by atoms with E-state index in [1.54, 1.807) is 42.1 Å². The van der Waals surface area contributed by atoms with Gasteiger partial charge in [0.15, 0.2) is 11.6 Å². The lowest BCUT2D eigenvalue weighted by Crippen LogP contribution is -2.42. The first-order chi connectivity index (χ1) is 18.8. The topological polar surface area (TPSA) is 99.3 Å². The summed E-state index contributed by atoms with van der Waals surface area (Å²) >= 11 is 0. The van der Waals surface area contributed by atoms with Crippen LogP contribution in [-0.2, 0) is 4.79 Å². The molecule has 3 rings (SSSR count). The molecule has 1 aliphatic carbocycles. The fraction of sp³-hybridized carbons (Fsp3) is 0.483. The molecule has 0 saturated heterocycles. The highest BCUT2D eigenvalue weighted by Crippen LogP contribution is 2.36. The molecule has 0 fully saturated rings. The van der Waals surface area contributed by atoms with E-state index >= 15 is 0 Å². The number of amides is 1. The third-order valence-electron chi connectivity index (χ3n) is 6.79. The maximum atomic E-state index is 13.4. The summed E-state index contributed by atoms with van der Waals surface area (Å²) in [5.74, 6) is 1.85. The van der Waals surface area contributed by atoms with Gasteiger partial charge in [0.2, 0.25) is 5.91 Å². The molecule has 0 aromatic heterocycles. The lowest BCUT2D eigenvalue weighted by atomic mass is 9.82. The highest BCUT2D eigenvalue weighted by atomic mass is 33.1. The molecular weight excluding hydrogens is 530 g/mol. The van der Waals surface area contributed by atoms with Crippen LogP contribution >= 0.6 is 21.6 Å². The van der Waals surface area contributed by atoms with Gasteiger partial charge in [0.05, 0.1) is 38.3 Å². The number of hydrogen-bond acceptors (Lipinski definition) is 8. The van der Waals surface area contributed by atoms with Crippen LogP contribution in [0.25, 0.3) is 0 Å². The molecule has 0 saturated carbocycles. The molecule has 1 amide bonds. The predicted octanol–water partition coefficient (Wildman–Crippen LogP) is 3.88. The summed E-state index contributed by atoms with van der Waals surface area (Å²) in [4.78, 5) is 38.8. The van der Waals surface area contributed by atoms with Crippen molar-refractivity contribution in [1.82, 2.24) is 10.6 Å². The summed E-state index contributed by atoms with van der Waals surface area (Å²) in [5, 5.41) is 12.6. The van der Waals surface area contributed by atoms with E-state index in [1.165, 1.54) is 0 Å². The van der Waals surface area contributed by atoms with Gasteiger partial charge in [0.1, 0.15) is 0 Å². The van der Waals surface area contributed by atoms with Crippen LogP contribution in [0.4, 0.5) is 11.4 Å². The SMILES string of the molecule is CNCCSSCCNC(=O)CCC[N+](C)(C)CCCNc1ccc(NC)c2c1C(=O)c1ccccc1C2=O. The lowest BCUT2D eigenvalue weighted by molar-refractivity contribution is -0.890. The average Bonchev–Trinajstić information content (AvgIpc) is 2.93. The maximum Gasteiger partial charge on any atom is 0.220 e. The highest BCUT2D eigenvalue weighted by molar-refractivity contribution is 8.76. The number of rotatable bonds is 17. The first-order valence-corrected chi connectivity index (χ1v) is 16.0. The Kier molecular flexibility index (Phi) is 12.2. The van der Waals surface area contributed by atoms with E-state index in [2.05, 4.69) is 35.4 Å². The van der Waals surface area contributed by atoms with E-state index in [-0.39, 0.29) is 17.5 Å². The van der Waals surface area contributed by atoms with Crippen molar-refractivity contribution in [2.75, 3.05) is 83.1 Å². The Morgan fingerprint density at radius 1 is 0.795 bits per heavy atom. The van der Waals surface area contributed by atoms with E-state index in [0.717, 1.165) is 48.5 Å². The Hall–Kier alpha value is -2.53. The number of fused-ring (bicyclic) bond motifs is 2. The molecule has 0 radical (unpaired) electrons. The lowest BCUT2D eigenvalue weighted by Gasteiger charge is -2.30. The zero-order valence-corrected chi connectivity index (χ0v) is 25.2. The van der Waals surface area contributed by atoms with Crippen molar-refractivity contribution in [3.8, 4) is 0 Å². The number of quaternary nitrogens is 1. The third-order valence-corrected chi connectivity index (χ3v) is 9.20. The van der Waals surface area contributed by atoms with Gasteiger partial charge >= 0.3 is 0 Å². The fourth-order valence-electron chi connectivity index (χ4n) is 4.67. The quantitative estimate of drug-likeness (QED) is 0.110. The van der Waals surface area contributed by atoms with Crippen molar-refractivity contribution in [3.63, 3.8) is 0 Å². The molecule has 212 valence electrons. The summed E-state index contributed by atoms with van der Waals surface area (Å²) in [6.45, 7) is 4.23. The summed E-state index contributed by atoms with van der Waals surface area (Å²) in [6, 6.07) is 10.7. The molecule has 1 aliphatic rings. The van der Waals surface area contributed by atoms with Crippen molar-refractivity contribution < 1.29 is 18.9 Å². The van der Waals surface area contributed by atoms with Crippen molar-refractivity contribution >= 4 is 50.4 Å². The standard InChI is InChI=1S/C29H41N5O3S2/c1-30-15-19-38-39-20-16-33-25(35)11-7-17-34(3,4)18-8-14-32-24-13-12-23(31-2)26-27(24)29(37)22-10-6-5-9-21(22)28(26)36/h5-6,9-10,12-13,30H,7-8,11,14-20H2,1-4H3,(H2-,31,32,33,35,36,37)/p+1. The third kappa shape index (κ3) is 8.73. The minimum atomic E-state index is -0.128. The first kappa shape index (κ1) is 31.0. The fourth-order valence-corrected chi connectivity index (χ4v) is 6.59. The Bertz CT molecular complexity index is 1160. The number of benzene rings is 2. The van der Waals surface area contributed by atoms with Crippen LogP contribution in [0.15, 0.2) is 36.4 Å². The molecule has 0 bridgehead atoms. The highest BCUT2D eigenvalue weighted by Gasteiger charge is 2.33. The molecular formula is C29H42N5O3S2+. The second-order valence-electron chi connectivity index (χ2n) is 10.2. The van der Waals surface area contributed by atoms with E-state index in [4.69, 9.17) is 0 Å². The molecule has 0 spiro atoms. The van der Waals surface area contributed by atoms with Crippen molar-refractivity contribution in [2.45, 2.75) is 19.3 Å². The van der Waals surface area contributed by atoms with Gasteiger partial charge in [-0.3, -0.25) is 14.4 Å². The van der Waals surface area contributed by atoms with Crippen LogP contribution < -0.4 is 21.3 Å². The Balaban J connectivity index is 1.44. The molecule has 0 unspecified atom stereocenters. The van der Waals surface area contributed by atoms with Crippen LogP contribution in [0.3, 0.4) is 0 Å². The summed E-state index contributed by atoms with van der Waals surface area (Å²) in [5.41, 5.74) is 3.14. The molecule has 8 nitrogen and oxygen atoms in total. The Labute approximate surface area is 240 Å². The van der Waals surface area contributed by atoms with Crippen LogP contribution in [0.5, 0.6) is 0 Å². The predicted molar refractivity (Wildman–Crippen MR) is 165 cm³/mol. The molecule has 10 heteroatoms. The van der Waals surface area contributed by atoms with E-state index in [9.17, 15) is 14.4 Å². The van der Waals surface area contributed by atoms with Crippen LogP contribution in [0, 0.1) is 0 Å². The normalized spacial score (nSPS) is 12.6. The second-order valence-corrected chi connectivity index (χ2v) is 12.9. The van der Waals surface area contributed by atoms with Gasteiger partial charge in [0, 0.05) is 80.0 Å². The minimum Gasteiger partial charge on any atom is -0.388 e. The maximum absolute atomic E-state index is 13.4. The zero-order valence-electron chi connectivity index (χ0n) is 23.5. The monoisotopic (exact) mass is 572 g/mol. The van der Waals surface area contributed by atoms with Crippen LogP contribution in [0.1, 0.15) is 51.1 Å². The molecule has 2 aromatic carbocycles. The first-order valence-electron chi connectivity index (χ1n) is 13.5. The number of nitrogens with one attached hydrogen (secondary N) is 4. The van der Waals surface area contributed by atoms with Gasteiger partial charge in [0.25, 0.3) is 0 Å². The number of carbonyl (C=O) groups is 3. The van der Waals surface area contributed by atoms with Gasteiger partial charge in [-0.1, -0.05) is 45.9 Å². The van der Waals surface area contributed by atoms with Crippen LogP contribution in [-0.4, -0.2) is 94.4 Å². The molecule has 2 aromatic rings. The average molecular weight is 573 g/mol. The number of ketones is 2. The van der Waals surface area contributed by atoms with Crippen molar-refractivity contribution in [2.24, 2.45) is 0 Å². The van der Waals surface area contributed by atoms with Gasteiger partial charge in [-0.2, -0.15) is 0 Å². The van der Waals surface area contributed by atoms with Crippen molar-refractivity contribution in [3.05, 3.63) is 58.7 Å². The summed E-state index contributed by atoms with van der Waals surface area (Å²) in [6.07, 6.45) is 2.27. The molecule has 39 heavy (non-hydrogen) atoms. The van der Waals surface area contributed by atoms with E-state index < -0.39 is 0 Å². The Morgan fingerprint density at radius 3 is 2.03 bits per heavy atom. The number of anilines is 2. The molecule has 4 N–H and O–H groups in total. The van der Waals surface area contributed by atoms with Crippen LogP contribution in [0.2, 0.25) is 0 Å². The largest absolute Gasteiger partial charge is 0.388 e. The summed E-state index contributed by atoms with van der Waals surface area (Å²) < 4.78 is 0.814. The molecule has 0 aliphatic heterocycles.